The third-order valence-corrected chi connectivity index (χ3v) is 3.64. The highest BCUT2D eigenvalue weighted by Crippen LogP contribution is 2.47. The summed E-state index contributed by atoms with van der Waals surface area (Å²) in [6, 6.07) is 0. The third-order valence-electron chi connectivity index (χ3n) is 3.64. The van der Waals surface area contributed by atoms with Crippen molar-refractivity contribution < 1.29 is 5.11 Å². The van der Waals surface area contributed by atoms with Crippen molar-refractivity contribution in [2.45, 2.75) is 39.2 Å². The number of fused-ring (bicyclic) bond motifs is 1. The summed E-state index contributed by atoms with van der Waals surface area (Å²) in [5.41, 5.74) is 1.56. The second-order valence-electron chi connectivity index (χ2n) is 4.71. The molecule has 1 nitrogen and oxygen atoms in total. The van der Waals surface area contributed by atoms with Crippen molar-refractivity contribution in [2.75, 3.05) is 0 Å². The Morgan fingerprint density at radius 1 is 1.54 bits per heavy atom. The van der Waals surface area contributed by atoms with Gasteiger partial charge in [0.25, 0.3) is 0 Å². The zero-order valence-electron chi connectivity index (χ0n) is 8.46. The van der Waals surface area contributed by atoms with Gasteiger partial charge in [-0.15, -0.1) is 0 Å². The van der Waals surface area contributed by atoms with Crippen LogP contribution in [0.3, 0.4) is 0 Å². The first-order valence-corrected chi connectivity index (χ1v) is 5.17. The van der Waals surface area contributed by atoms with Crippen LogP contribution < -0.4 is 0 Å². The molecule has 0 saturated heterocycles. The Hall–Kier alpha value is -0.560. The third kappa shape index (κ3) is 1.35. The summed E-state index contributed by atoms with van der Waals surface area (Å²) in [7, 11) is 0. The average Bonchev–Trinajstić information content (AvgIpc) is 2.02. The number of allylic oxidation sites excluding steroid dienone is 3. The molecule has 0 bridgehead atoms. The second-order valence-corrected chi connectivity index (χ2v) is 4.71. The van der Waals surface area contributed by atoms with Crippen molar-refractivity contribution >= 4 is 0 Å². The van der Waals surface area contributed by atoms with Gasteiger partial charge in [-0.05, 0) is 31.6 Å². The molecule has 1 N–H and O–H groups in total. The minimum Gasteiger partial charge on any atom is -0.392 e. The molecule has 3 unspecified atom stereocenters. The Morgan fingerprint density at radius 2 is 2.31 bits per heavy atom. The van der Waals surface area contributed by atoms with Crippen LogP contribution in [0.25, 0.3) is 0 Å². The van der Waals surface area contributed by atoms with E-state index in [4.69, 9.17) is 0 Å². The predicted octanol–water partition coefficient (Wildman–Crippen LogP) is 2.67. The van der Waals surface area contributed by atoms with Crippen LogP contribution in [0.5, 0.6) is 0 Å². The molecule has 0 spiro atoms. The summed E-state index contributed by atoms with van der Waals surface area (Å²) >= 11 is 0. The van der Waals surface area contributed by atoms with E-state index in [0.717, 1.165) is 12.8 Å². The summed E-state index contributed by atoms with van der Waals surface area (Å²) in [6.07, 6.45) is 9.78. The van der Waals surface area contributed by atoms with Crippen LogP contribution in [0, 0.1) is 11.3 Å². The first-order chi connectivity index (χ1) is 6.13. The van der Waals surface area contributed by atoms with E-state index in [-0.39, 0.29) is 11.5 Å². The molecule has 3 atom stereocenters. The highest BCUT2D eigenvalue weighted by Gasteiger charge is 2.41. The number of rotatable bonds is 0. The predicted molar refractivity (Wildman–Crippen MR) is 54.4 cm³/mol. The molecule has 0 aromatic heterocycles. The van der Waals surface area contributed by atoms with Gasteiger partial charge in [0.15, 0.2) is 0 Å². The van der Waals surface area contributed by atoms with Crippen LogP contribution in [0.15, 0.2) is 23.8 Å². The fourth-order valence-corrected chi connectivity index (χ4v) is 2.99. The molecule has 1 fully saturated rings. The fraction of sp³-hybridized carbons (Fsp3) is 0.667. The number of aliphatic hydroxyl groups is 1. The van der Waals surface area contributed by atoms with Crippen LogP contribution in [-0.2, 0) is 0 Å². The average molecular weight is 178 g/mol. The molecule has 2 rings (SSSR count). The topological polar surface area (TPSA) is 20.2 Å². The molecule has 1 saturated carbocycles. The maximum Gasteiger partial charge on any atom is 0.0613 e. The zero-order chi connectivity index (χ0) is 9.47. The van der Waals surface area contributed by atoms with Gasteiger partial charge >= 0.3 is 0 Å². The Morgan fingerprint density at radius 3 is 3.00 bits per heavy atom. The minimum atomic E-state index is -0.125. The van der Waals surface area contributed by atoms with Crippen LogP contribution in [0.2, 0.25) is 0 Å². The van der Waals surface area contributed by atoms with Gasteiger partial charge in [-0.2, -0.15) is 0 Å². The van der Waals surface area contributed by atoms with Gasteiger partial charge in [0.1, 0.15) is 0 Å². The summed E-state index contributed by atoms with van der Waals surface area (Å²) in [4.78, 5) is 0. The molecular weight excluding hydrogens is 160 g/mol. The maximum absolute atomic E-state index is 9.97. The van der Waals surface area contributed by atoms with E-state index in [2.05, 4.69) is 32.1 Å². The van der Waals surface area contributed by atoms with Crippen molar-refractivity contribution in [3.63, 3.8) is 0 Å². The van der Waals surface area contributed by atoms with Gasteiger partial charge in [0.05, 0.1) is 6.10 Å². The normalized spacial score (nSPS) is 44.1. The largest absolute Gasteiger partial charge is 0.392 e. The van der Waals surface area contributed by atoms with Gasteiger partial charge < -0.3 is 5.11 Å². The van der Waals surface area contributed by atoms with Gasteiger partial charge in [-0.3, -0.25) is 0 Å². The van der Waals surface area contributed by atoms with E-state index in [0.29, 0.717) is 5.92 Å². The van der Waals surface area contributed by atoms with Gasteiger partial charge in [-0.1, -0.05) is 30.7 Å². The highest BCUT2D eigenvalue weighted by atomic mass is 16.3. The first kappa shape index (κ1) is 9.01. The molecule has 13 heavy (non-hydrogen) atoms. The Bertz CT molecular complexity index is 264. The summed E-state index contributed by atoms with van der Waals surface area (Å²) in [6.45, 7) is 4.41. The van der Waals surface area contributed by atoms with E-state index in [9.17, 15) is 5.11 Å². The molecule has 0 aromatic carbocycles. The smallest absolute Gasteiger partial charge is 0.0613 e. The van der Waals surface area contributed by atoms with Crippen LogP contribution in [-0.4, -0.2) is 11.2 Å². The number of hydrogen-bond acceptors (Lipinski definition) is 1. The van der Waals surface area contributed by atoms with Crippen molar-refractivity contribution in [1.29, 1.82) is 0 Å². The van der Waals surface area contributed by atoms with E-state index in [1.54, 1.807) is 0 Å². The van der Waals surface area contributed by atoms with E-state index < -0.39 is 0 Å². The standard InChI is InChI=1S/C12H18O/c1-9-5-3-7-12(2)8-4-6-10(13)11(9)12/h3,5,7,10-11,13H,4,6,8H2,1-2H3. The summed E-state index contributed by atoms with van der Waals surface area (Å²) < 4.78 is 0. The lowest BCUT2D eigenvalue weighted by Crippen LogP contribution is -2.40. The monoisotopic (exact) mass is 178 g/mol. The Kier molecular flexibility index (Phi) is 2.07. The first-order valence-electron chi connectivity index (χ1n) is 5.17. The van der Waals surface area contributed by atoms with Crippen molar-refractivity contribution in [2.24, 2.45) is 11.3 Å². The molecule has 0 radical (unpaired) electrons. The van der Waals surface area contributed by atoms with Crippen molar-refractivity contribution in [1.82, 2.24) is 0 Å². The SMILES string of the molecule is CC1=CC=CC2(C)CCCC(O)C12. The Balaban J connectivity index is 2.34. The summed E-state index contributed by atoms with van der Waals surface area (Å²) in [5.74, 6) is 0.367. The second kappa shape index (κ2) is 2.98. The number of hydrogen-bond donors (Lipinski definition) is 1. The minimum absolute atomic E-state index is 0.125. The van der Waals surface area contributed by atoms with E-state index in [1.165, 1.54) is 12.0 Å². The molecule has 2 aliphatic carbocycles. The van der Waals surface area contributed by atoms with Gasteiger partial charge in [-0.25, -0.2) is 0 Å². The summed E-state index contributed by atoms with van der Waals surface area (Å²) in [5, 5.41) is 9.97. The van der Waals surface area contributed by atoms with Crippen LogP contribution in [0.4, 0.5) is 0 Å². The molecule has 2 aliphatic rings. The van der Waals surface area contributed by atoms with Crippen LogP contribution >= 0.6 is 0 Å². The van der Waals surface area contributed by atoms with Gasteiger partial charge in [0.2, 0.25) is 0 Å². The lowest BCUT2D eigenvalue weighted by Gasteiger charge is -2.44. The molecule has 0 amide bonds. The molecule has 0 aliphatic heterocycles. The zero-order valence-corrected chi connectivity index (χ0v) is 8.46. The maximum atomic E-state index is 9.97. The van der Waals surface area contributed by atoms with E-state index >= 15 is 0 Å². The van der Waals surface area contributed by atoms with Crippen molar-refractivity contribution in [3.05, 3.63) is 23.8 Å². The lowest BCUT2D eigenvalue weighted by molar-refractivity contribution is 0.0250. The van der Waals surface area contributed by atoms with E-state index in [1.807, 2.05) is 0 Å². The van der Waals surface area contributed by atoms with Crippen LogP contribution in [0.1, 0.15) is 33.1 Å². The quantitative estimate of drug-likeness (QED) is 0.604. The van der Waals surface area contributed by atoms with Crippen molar-refractivity contribution in [3.8, 4) is 0 Å². The lowest BCUT2D eigenvalue weighted by atomic mass is 9.62. The molecule has 72 valence electrons. The molecule has 0 aromatic rings. The Labute approximate surface area is 80.2 Å². The molecule has 0 heterocycles. The number of aliphatic hydroxyl groups excluding tert-OH is 1. The molecular formula is C12H18O. The van der Waals surface area contributed by atoms with Gasteiger partial charge in [0, 0.05) is 5.92 Å². The fourth-order valence-electron chi connectivity index (χ4n) is 2.99. The molecule has 1 heteroatoms. The highest BCUT2D eigenvalue weighted by molar-refractivity contribution is 5.27.